The van der Waals surface area contributed by atoms with E-state index in [9.17, 15) is 18.3 Å². The molecule has 7 nitrogen and oxygen atoms in total. The number of nitrogens with zero attached hydrogens (tertiary/aromatic N) is 2. The fraction of sp³-hybridized carbons (Fsp3) is 0.286. The zero-order valence-electron chi connectivity index (χ0n) is 20.6. The Morgan fingerprint density at radius 2 is 1.92 bits per heavy atom. The van der Waals surface area contributed by atoms with Crippen molar-refractivity contribution in [2.24, 2.45) is 0 Å². The molecule has 1 amide bonds. The predicted molar refractivity (Wildman–Crippen MR) is 142 cm³/mol. The lowest BCUT2D eigenvalue weighted by molar-refractivity contribution is -0.0161. The minimum atomic E-state index is -3.89. The number of sulfonamides is 1. The van der Waals surface area contributed by atoms with E-state index in [1.807, 2.05) is 25.1 Å². The SMILES string of the molecule is C=CC=C(C)CC1(O)CCN(C(=O)c2ccc(NS(=O)(=O)c3cccc4cccnc34)c(C)c2)CC1. The molecule has 0 atom stereocenters. The van der Waals surface area contributed by atoms with Crippen LogP contribution in [-0.2, 0) is 10.0 Å². The van der Waals surface area contributed by atoms with E-state index in [4.69, 9.17) is 0 Å². The Bertz CT molecular complexity index is 1430. The molecule has 0 saturated carbocycles. The van der Waals surface area contributed by atoms with Crippen molar-refractivity contribution < 1.29 is 18.3 Å². The molecule has 0 bridgehead atoms. The highest BCUT2D eigenvalue weighted by Gasteiger charge is 2.34. The summed E-state index contributed by atoms with van der Waals surface area (Å²) in [5.41, 5.74) is 2.15. The van der Waals surface area contributed by atoms with Crippen molar-refractivity contribution in [2.75, 3.05) is 17.8 Å². The van der Waals surface area contributed by atoms with Crippen LogP contribution in [0.25, 0.3) is 10.9 Å². The van der Waals surface area contributed by atoms with Crippen molar-refractivity contribution >= 4 is 32.5 Å². The lowest BCUT2D eigenvalue weighted by Crippen LogP contribution is -2.46. The molecule has 0 aliphatic carbocycles. The van der Waals surface area contributed by atoms with E-state index in [2.05, 4.69) is 16.3 Å². The molecule has 36 heavy (non-hydrogen) atoms. The second kappa shape index (κ2) is 10.2. The lowest BCUT2D eigenvalue weighted by Gasteiger charge is -2.38. The van der Waals surface area contributed by atoms with Gasteiger partial charge >= 0.3 is 0 Å². The highest BCUT2D eigenvalue weighted by Crippen LogP contribution is 2.30. The standard InChI is InChI=1S/C28H31N3O4S/c1-4-7-20(2)19-28(33)13-16-31(17-14-28)27(32)23-11-12-24(21(3)18-23)30-36(34,35)25-10-5-8-22-9-6-15-29-26(22)25/h4-12,15,18,30,33H,1,13-14,16-17,19H2,2-3H3. The van der Waals surface area contributed by atoms with E-state index in [0.717, 1.165) is 11.0 Å². The fourth-order valence-corrected chi connectivity index (χ4v) is 5.98. The van der Waals surface area contributed by atoms with Crippen molar-refractivity contribution in [3.8, 4) is 0 Å². The summed E-state index contributed by atoms with van der Waals surface area (Å²) in [5.74, 6) is -0.133. The van der Waals surface area contributed by atoms with Crippen LogP contribution < -0.4 is 4.72 Å². The van der Waals surface area contributed by atoms with Crippen LogP contribution in [0.1, 0.15) is 42.1 Å². The second-order valence-corrected chi connectivity index (χ2v) is 11.1. The van der Waals surface area contributed by atoms with Crippen LogP contribution in [0.15, 0.2) is 83.9 Å². The fourth-order valence-electron chi connectivity index (χ4n) is 4.67. The monoisotopic (exact) mass is 505 g/mol. The number of amides is 1. The van der Waals surface area contributed by atoms with Gasteiger partial charge in [-0.15, -0.1) is 0 Å². The van der Waals surface area contributed by atoms with Gasteiger partial charge in [0.25, 0.3) is 15.9 Å². The zero-order chi connectivity index (χ0) is 25.9. The number of nitrogens with one attached hydrogen (secondary N) is 1. The molecule has 2 heterocycles. The van der Waals surface area contributed by atoms with Gasteiger partial charge in [-0.3, -0.25) is 14.5 Å². The molecule has 1 saturated heterocycles. The summed E-state index contributed by atoms with van der Waals surface area (Å²) in [5, 5.41) is 11.6. The third-order valence-corrected chi connectivity index (χ3v) is 7.99. The van der Waals surface area contributed by atoms with Gasteiger partial charge in [-0.1, -0.05) is 42.5 Å². The van der Waals surface area contributed by atoms with E-state index in [1.54, 1.807) is 54.4 Å². The molecule has 0 unspecified atom stereocenters. The minimum absolute atomic E-state index is 0.0964. The van der Waals surface area contributed by atoms with Crippen LogP contribution in [0.2, 0.25) is 0 Å². The largest absolute Gasteiger partial charge is 0.389 e. The molecule has 3 aromatic rings. The summed E-state index contributed by atoms with van der Waals surface area (Å²) in [7, 11) is -3.89. The van der Waals surface area contributed by atoms with Gasteiger partial charge in [0.15, 0.2) is 0 Å². The van der Waals surface area contributed by atoms with E-state index in [1.165, 1.54) is 6.07 Å². The maximum atomic E-state index is 13.2. The summed E-state index contributed by atoms with van der Waals surface area (Å²) >= 11 is 0. The Labute approximate surface area is 212 Å². The van der Waals surface area contributed by atoms with Crippen LogP contribution in [0.4, 0.5) is 5.69 Å². The number of anilines is 1. The van der Waals surface area contributed by atoms with Crippen LogP contribution in [0.3, 0.4) is 0 Å². The van der Waals surface area contributed by atoms with Crippen molar-refractivity contribution in [2.45, 2.75) is 43.6 Å². The lowest BCUT2D eigenvalue weighted by atomic mass is 9.85. The molecule has 4 rings (SSSR count). The van der Waals surface area contributed by atoms with E-state index in [0.29, 0.717) is 54.7 Å². The smallest absolute Gasteiger partial charge is 0.264 e. The molecule has 0 radical (unpaired) electrons. The number of hydrogen-bond acceptors (Lipinski definition) is 5. The number of allylic oxidation sites excluding steroid dienone is 2. The van der Waals surface area contributed by atoms with Gasteiger partial charge in [0.1, 0.15) is 4.90 Å². The van der Waals surface area contributed by atoms with Crippen molar-refractivity contribution in [1.29, 1.82) is 0 Å². The highest BCUT2D eigenvalue weighted by atomic mass is 32.2. The van der Waals surface area contributed by atoms with Gasteiger partial charge in [-0.2, -0.15) is 0 Å². The topological polar surface area (TPSA) is 99.6 Å². The maximum Gasteiger partial charge on any atom is 0.264 e. The van der Waals surface area contributed by atoms with Gasteiger partial charge in [0, 0.05) is 30.2 Å². The van der Waals surface area contributed by atoms with E-state index in [-0.39, 0.29) is 10.8 Å². The normalized spacial score (nSPS) is 16.1. The number of carbonyl (C=O) groups excluding carboxylic acids is 1. The second-order valence-electron chi connectivity index (χ2n) is 9.41. The van der Waals surface area contributed by atoms with Gasteiger partial charge in [-0.25, -0.2) is 8.42 Å². The zero-order valence-corrected chi connectivity index (χ0v) is 21.4. The number of benzene rings is 2. The van der Waals surface area contributed by atoms with Gasteiger partial charge in [0.2, 0.25) is 0 Å². The molecule has 1 fully saturated rings. The minimum Gasteiger partial charge on any atom is -0.389 e. The summed E-state index contributed by atoms with van der Waals surface area (Å²) < 4.78 is 28.9. The van der Waals surface area contributed by atoms with Crippen LogP contribution in [0.5, 0.6) is 0 Å². The van der Waals surface area contributed by atoms with Gasteiger partial charge < -0.3 is 10.0 Å². The number of aliphatic hydroxyl groups is 1. The Balaban J connectivity index is 1.47. The quantitative estimate of drug-likeness (QED) is 0.448. The first-order valence-corrected chi connectivity index (χ1v) is 13.4. The molecule has 2 aromatic carbocycles. The molecule has 8 heteroatoms. The number of rotatable bonds is 7. The number of aryl methyl sites for hydroxylation is 1. The molecule has 2 N–H and O–H groups in total. The Morgan fingerprint density at radius 3 is 2.61 bits per heavy atom. The number of fused-ring (bicyclic) bond motifs is 1. The number of carbonyl (C=O) groups is 1. The first-order valence-electron chi connectivity index (χ1n) is 11.9. The van der Waals surface area contributed by atoms with Gasteiger partial charge in [0.05, 0.1) is 16.8 Å². The molecule has 0 spiro atoms. The summed E-state index contributed by atoms with van der Waals surface area (Å²) in [6.07, 6.45) is 6.72. The number of hydrogen-bond donors (Lipinski definition) is 2. The Morgan fingerprint density at radius 1 is 1.19 bits per heavy atom. The maximum absolute atomic E-state index is 13.2. The van der Waals surface area contributed by atoms with Crippen molar-refractivity contribution in [3.63, 3.8) is 0 Å². The number of pyridine rings is 1. The van der Waals surface area contributed by atoms with E-state index < -0.39 is 15.6 Å². The Kier molecular flexibility index (Phi) is 7.28. The number of para-hydroxylation sites is 1. The van der Waals surface area contributed by atoms with Crippen LogP contribution >= 0.6 is 0 Å². The number of likely N-dealkylation sites (tertiary alicyclic amines) is 1. The molecular formula is C28H31N3O4S. The summed E-state index contributed by atoms with van der Waals surface area (Å²) in [6, 6.07) is 13.5. The first kappa shape index (κ1) is 25.6. The molecule has 1 aliphatic heterocycles. The summed E-state index contributed by atoms with van der Waals surface area (Å²) in [4.78, 5) is 19.2. The number of aromatic nitrogens is 1. The van der Waals surface area contributed by atoms with Crippen molar-refractivity contribution in [3.05, 3.63) is 90.2 Å². The molecule has 1 aromatic heterocycles. The van der Waals surface area contributed by atoms with Crippen LogP contribution in [-0.4, -0.2) is 48.0 Å². The van der Waals surface area contributed by atoms with E-state index >= 15 is 0 Å². The predicted octanol–water partition coefficient (Wildman–Crippen LogP) is 4.83. The molecule has 188 valence electrons. The molecular weight excluding hydrogens is 474 g/mol. The third kappa shape index (κ3) is 5.50. The average Bonchev–Trinajstić information content (AvgIpc) is 2.84. The Hall–Kier alpha value is -3.49. The number of piperidine rings is 1. The first-order chi connectivity index (χ1) is 17.1. The van der Waals surface area contributed by atoms with Crippen molar-refractivity contribution in [1.82, 2.24) is 9.88 Å². The molecule has 1 aliphatic rings. The summed E-state index contributed by atoms with van der Waals surface area (Å²) in [6.45, 7) is 8.34. The average molecular weight is 506 g/mol. The van der Waals surface area contributed by atoms with Gasteiger partial charge in [-0.05, 0) is 69.0 Å². The highest BCUT2D eigenvalue weighted by molar-refractivity contribution is 7.93. The third-order valence-electron chi connectivity index (χ3n) is 6.59. The van der Waals surface area contributed by atoms with Crippen LogP contribution in [0, 0.1) is 6.92 Å².